The van der Waals surface area contributed by atoms with Crippen LogP contribution in [0.25, 0.3) is 0 Å². The summed E-state index contributed by atoms with van der Waals surface area (Å²) in [4.78, 5) is 14.3. The molecule has 1 aromatic carbocycles. The highest BCUT2D eigenvalue weighted by Gasteiger charge is 2.12. The third kappa shape index (κ3) is 5.39. The lowest BCUT2D eigenvalue weighted by Crippen LogP contribution is -2.34. The topological polar surface area (TPSA) is 54.7 Å². The zero-order valence-corrected chi connectivity index (χ0v) is 15.6. The Bertz CT molecular complexity index is 653. The average Bonchev–Trinajstić information content (AvgIpc) is 3.07. The van der Waals surface area contributed by atoms with Crippen LogP contribution in [0.3, 0.4) is 0 Å². The highest BCUT2D eigenvalue weighted by Crippen LogP contribution is 2.24. The number of nitrogens with zero attached hydrogens (tertiary/aromatic N) is 1. The quantitative estimate of drug-likeness (QED) is 0.704. The Morgan fingerprint density at radius 1 is 1.21 bits per heavy atom. The molecule has 24 heavy (non-hydrogen) atoms. The van der Waals surface area contributed by atoms with E-state index in [2.05, 4.69) is 40.0 Å². The SMILES string of the molecule is CCN(CC)CCNC(=O)c1ccc(COc2ccccc2Br)o1. The van der Waals surface area contributed by atoms with Gasteiger partial charge in [-0.1, -0.05) is 26.0 Å². The number of furan rings is 1. The van der Waals surface area contributed by atoms with Crippen molar-refractivity contribution in [2.45, 2.75) is 20.5 Å². The Labute approximate surface area is 151 Å². The zero-order chi connectivity index (χ0) is 17.4. The summed E-state index contributed by atoms with van der Waals surface area (Å²) in [6.07, 6.45) is 0. The van der Waals surface area contributed by atoms with Crippen molar-refractivity contribution in [2.24, 2.45) is 0 Å². The van der Waals surface area contributed by atoms with Gasteiger partial charge in [-0.25, -0.2) is 0 Å². The first kappa shape index (κ1) is 18.5. The Kier molecular flexibility index (Phi) is 7.34. The van der Waals surface area contributed by atoms with Gasteiger partial charge < -0.3 is 19.4 Å². The maximum atomic E-state index is 12.1. The van der Waals surface area contributed by atoms with E-state index in [1.54, 1.807) is 12.1 Å². The van der Waals surface area contributed by atoms with Gasteiger partial charge in [-0.2, -0.15) is 0 Å². The number of likely N-dealkylation sites (N-methyl/N-ethyl adjacent to an activating group) is 1. The lowest BCUT2D eigenvalue weighted by molar-refractivity contribution is 0.0917. The first-order valence-corrected chi connectivity index (χ1v) is 8.90. The minimum Gasteiger partial charge on any atom is -0.484 e. The standard InChI is InChI=1S/C18H23BrN2O3/c1-3-21(4-2)12-11-20-18(22)17-10-9-14(24-17)13-23-16-8-6-5-7-15(16)19/h5-10H,3-4,11-13H2,1-2H3,(H,20,22). The average molecular weight is 395 g/mol. The molecular weight excluding hydrogens is 372 g/mol. The van der Waals surface area contributed by atoms with Gasteiger partial charge in [-0.3, -0.25) is 4.79 Å². The van der Waals surface area contributed by atoms with Crippen molar-refractivity contribution in [3.05, 3.63) is 52.4 Å². The highest BCUT2D eigenvalue weighted by molar-refractivity contribution is 9.10. The molecule has 0 spiro atoms. The third-order valence-corrected chi connectivity index (χ3v) is 4.36. The van der Waals surface area contributed by atoms with Gasteiger partial charge in [0.1, 0.15) is 18.1 Å². The molecule has 1 aromatic heterocycles. The van der Waals surface area contributed by atoms with E-state index in [1.165, 1.54) is 0 Å². The molecule has 2 rings (SSSR count). The molecule has 0 saturated heterocycles. The molecule has 1 amide bonds. The number of carbonyl (C=O) groups excluding carboxylic acids is 1. The van der Waals surface area contributed by atoms with Gasteiger partial charge in [0.2, 0.25) is 0 Å². The molecule has 130 valence electrons. The molecule has 0 atom stereocenters. The monoisotopic (exact) mass is 394 g/mol. The van der Waals surface area contributed by atoms with Crippen LogP contribution >= 0.6 is 15.9 Å². The number of benzene rings is 1. The van der Waals surface area contributed by atoms with E-state index in [4.69, 9.17) is 9.15 Å². The normalized spacial score (nSPS) is 10.8. The van der Waals surface area contributed by atoms with Crippen LogP contribution in [-0.4, -0.2) is 37.0 Å². The first-order valence-electron chi connectivity index (χ1n) is 8.10. The predicted molar refractivity (Wildman–Crippen MR) is 97.3 cm³/mol. The third-order valence-electron chi connectivity index (χ3n) is 3.70. The van der Waals surface area contributed by atoms with E-state index in [1.807, 2.05) is 24.3 Å². The minimum atomic E-state index is -0.200. The number of amides is 1. The first-order chi connectivity index (χ1) is 11.6. The van der Waals surface area contributed by atoms with Gasteiger partial charge in [0.25, 0.3) is 5.91 Å². The number of ether oxygens (including phenoxy) is 1. The number of nitrogens with one attached hydrogen (secondary N) is 1. The van der Waals surface area contributed by atoms with Crippen molar-refractivity contribution in [1.29, 1.82) is 0 Å². The summed E-state index contributed by atoms with van der Waals surface area (Å²) in [5.74, 6) is 1.45. The molecule has 0 aliphatic carbocycles. The fourth-order valence-electron chi connectivity index (χ4n) is 2.24. The number of carbonyl (C=O) groups is 1. The fourth-order valence-corrected chi connectivity index (χ4v) is 2.64. The summed E-state index contributed by atoms with van der Waals surface area (Å²) in [5.41, 5.74) is 0. The van der Waals surface area contributed by atoms with Crippen molar-refractivity contribution in [3.63, 3.8) is 0 Å². The van der Waals surface area contributed by atoms with Crippen molar-refractivity contribution in [1.82, 2.24) is 10.2 Å². The van der Waals surface area contributed by atoms with Crippen LogP contribution in [0.1, 0.15) is 30.2 Å². The smallest absolute Gasteiger partial charge is 0.287 e. The highest BCUT2D eigenvalue weighted by atomic mass is 79.9. The maximum Gasteiger partial charge on any atom is 0.287 e. The Morgan fingerprint density at radius 2 is 1.96 bits per heavy atom. The molecule has 0 bridgehead atoms. The number of hydrogen-bond donors (Lipinski definition) is 1. The number of rotatable bonds is 9. The van der Waals surface area contributed by atoms with Gasteiger partial charge in [-0.05, 0) is 53.3 Å². The molecule has 2 aromatic rings. The van der Waals surface area contributed by atoms with E-state index in [9.17, 15) is 4.79 Å². The van der Waals surface area contributed by atoms with Gasteiger partial charge in [-0.15, -0.1) is 0 Å². The van der Waals surface area contributed by atoms with Crippen LogP contribution in [0.5, 0.6) is 5.75 Å². The van der Waals surface area contributed by atoms with Crippen LogP contribution in [0, 0.1) is 0 Å². The molecule has 0 fully saturated rings. The van der Waals surface area contributed by atoms with Gasteiger partial charge in [0.05, 0.1) is 4.47 Å². The number of halogens is 1. The predicted octanol–water partition coefficient (Wildman–Crippen LogP) is 3.69. The molecule has 0 saturated carbocycles. The lowest BCUT2D eigenvalue weighted by Gasteiger charge is -2.17. The zero-order valence-electron chi connectivity index (χ0n) is 14.0. The summed E-state index contributed by atoms with van der Waals surface area (Å²) < 4.78 is 12.1. The Balaban J connectivity index is 1.81. The van der Waals surface area contributed by atoms with E-state index in [0.29, 0.717) is 18.1 Å². The van der Waals surface area contributed by atoms with Crippen LogP contribution in [0.15, 0.2) is 45.3 Å². The van der Waals surface area contributed by atoms with Crippen molar-refractivity contribution < 1.29 is 13.9 Å². The second-order valence-corrected chi connectivity index (χ2v) is 6.12. The molecule has 0 aliphatic rings. The van der Waals surface area contributed by atoms with Gasteiger partial charge in [0, 0.05) is 13.1 Å². The Morgan fingerprint density at radius 3 is 2.67 bits per heavy atom. The van der Waals surface area contributed by atoms with Crippen LogP contribution in [0.2, 0.25) is 0 Å². The number of hydrogen-bond acceptors (Lipinski definition) is 4. The minimum absolute atomic E-state index is 0.200. The summed E-state index contributed by atoms with van der Waals surface area (Å²) in [5, 5.41) is 2.87. The van der Waals surface area contributed by atoms with Crippen molar-refractivity contribution in [2.75, 3.05) is 26.2 Å². The molecule has 0 unspecified atom stereocenters. The molecule has 0 radical (unpaired) electrons. The molecule has 0 aliphatic heterocycles. The maximum absolute atomic E-state index is 12.1. The summed E-state index contributed by atoms with van der Waals surface area (Å²) in [6, 6.07) is 11.0. The molecule has 1 heterocycles. The van der Waals surface area contributed by atoms with Crippen LogP contribution in [-0.2, 0) is 6.61 Å². The molecule has 1 N–H and O–H groups in total. The van der Waals surface area contributed by atoms with Gasteiger partial charge >= 0.3 is 0 Å². The Hall–Kier alpha value is -1.79. The van der Waals surface area contributed by atoms with E-state index in [-0.39, 0.29) is 12.5 Å². The van der Waals surface area contributed by atoms with E-state index >= 15 is 0 Å². The summed E-state index contributed by atoms with van der Waals surface area (Å²) in [7, 11) is 0. The van der Waals surface area contributed by atoms with Gasteiger partial charge in [0.15, 0.2) is 5.76 Å². The second kappa shape index (κ2) is 9.49. The van der Waals surface area contributed by atoms with Crippen molar-refractivity contribution >= 4 is 21.8 Å². The van der Waals surface area contributed by atoms with E-state index < -0.39 is 0 Å². The molecular formula is C18H23BrN2O3. The van der Waals surface area contributed by atoms with E-state index in [0.717, 1.165) is 29.9 Å². The van der Waals surface area contributed by atoms with Crippen LogP contribution < -0.4 is 10.1 Å². The second-order valence-electron chi connectivity index (χ2n) is 5.27. The van der Waals surface area contributed by atoms with Crippen LogP contribution in [0.4, 0.5) is 0 Å². The summed E-state index contributed by atoms with van der Waals surface area (Å²) >= 11 is 3.43. The van der Waals surface area contributed by atoms with Crippen molar-refractivity contribution in [3.8, 4) is 5.75 Å². The molecule has 5 nitrogen and oxygen atoms in total. The number of para-hydroxylation sites is 1. The summed E-state index contributed by atoms with van der Waals surface area (Å²) in [6.45, 7) is 7.87. The fraction of sp³-hybridized carbons (Fsp3) is 0.389. The molecule has 6 heteroatoms. The largest absolute Gasteiger partial charge is 0.484 e. The lowest BCUT2D eigenvalue weighted by atomic mass is 10.3.